The summed E-state index contributed by atoms with van der Waals surface area (Å²) in [5.74, 6) is -0.848. The summed E-state index contributed by atoms with van der Waals surface area (Å²) >= 11 is 2.58. The quantitative estimate of drug-likeness (QED) is 0.399. The lowest BCUT2D eigenvalue weighted by molar-refractivity contribution is -0.117. The van der Waals surface area contributed by atoms with Crippen molar-refractivity contribution in [3.05, 3.63) is 87.3 Å². The average molecular weight is 463 g/mol. The van der Waals surface area contributed by atoms with Gasteiger partial charge in [0.05, 0.1) is 33.8 Å². The molecule has 0 saturated carbocycles. The van der Waals surface area contributed by atoms with Gasteiger partial charge in [0.2, 0.25) is 5.78 Å². The molecular weight excluding hydrogens is 444 g/mol. The van der Waals surface area contributed by atoms with Crippen LogP contribution in [0.5, 0.6) is 5.75 Å². The zero-order chi connectivity index (χ0) is 22.4. The first kappa shape index (κ1) is 20.4. The van der Waals surface area contributed by atoms with Crippen LogP contribution in [0.25, 0.3) is 10.2 Å². The van der Waals surface area contributed by atoms with E-state index >= 15 is 0 Å². The van der Waals surface area contributed by atoms with Crippen LogP contribution in [0.2, 0.25) is 0 Å². The van der Waals surface area contributed by atoms with E-state index in [9.17, 15) is 14.7 Å². The molecule has 2 aromatic heterocycles. The van der Waals surface area contributed by atoms with Gasteiger partial charge >= 0.3 is 0 Å². The van der Waals surface area contributed by atoms with Crippen molar-refractivity contribution in [1.29, 1.82) is 0 Å². The number of hydrogen-bond acceptors (Lipinski definition) is 7. The van der Waals surface area contributed by atoms with E-state index in [0.29, 0.717) is 21.3 Å². The van der Waals surface area contributed by atoms with Crippen molar-refractivity contribution < 1.29 is 19.4 Å². The fourth-order valence-corrected chi connectivity index (χ4v) is 5.46. The first-order chi connectivity index (χ1) is 15.5. The van der Waals surface area contributed by atoms with Crippen molar-refractivity contribution >= 4 is 49.7 Å². The number of thiophene rings is 1. The molecule has 8 heteroatoms. The molecule has 1 aliphatic rings. The number of aromatic nitrogens is 1. The van der Waals surface area contributed by atoms with E-state index in [4.69, 9.17) is 4.74 Å². The van der Waals surface area contributed by atoms with Gasteiger partial charge in [-0.15, -0.1) is 11.3 Å². The van der Waals surface area contributed by atoms with Crippen molar-refractivity contribution in [2.24, 2.45) is 0 Å². The number of thiazole rings is 1. The van der Waals surface area contributed by atoms with Crippen LogP contribution in [0.3, 0.4) is 0 Å². The molecule has 32 heavy (non-hydrogen) atoms. The number of Topliss-reactive ketones (excluding diaryl/α,β-unsaturated/α-hetero) is 1. The predicted molar refractivity (Wildman–Crippen MR) is 126 cm³/mol. The summed E-state index contributed by atoms with van der Waals surface area (Å²) < 4.78 is 6.13. The number of aliphatic hydroxyl groups is 1. The highest BCUT2D eigenvalue weighted by molar-refractivity contribution is 7.22. The smallest absolute Gasteiger partial charge is 0.296 e. The lowest BCUT2D eigenvalue weighted by atomic mass is 9.95. The highest BCUT2D eigenvalue weighted by atomic mass is 32.1. The van der Waals surface area contributed by atoms with E-state index in [0.717, 1.165) is 15.8 Å². The Labute approximate surface area is 192 Å². The Morgan fingerprint density at radius 2 is 1.94 bits per heavy atom. The number of carbonyl (C=O) groups is 2. The van der Waals surface area contributed by atoms with Crippen molar-refractivity contribution in [2.75, 3.05) is 12.0 Å². The Balaban J connectivity index is 1.67. The number of methoxy groups -OCH3 is 1. The number of aliphatic hydroxyl groups excluding tert-OH is 1. The molecule has 2 aromatic carbocycles. The standard InChI is InChI=1S/C24H18N2O4S2/c1-13-5-7-14(8-6-13)20-19(21(27)17-4-3-11-31-17)22(28)23(29)26(20)24-25-16-10-9-15(30-2)12-18(16)32-24/h3-12,20,28H,1-2H3. The number of carbonyl (C=O) groups excluding carboxylic acids is 2. The number of aryl methyl sites for hydroxylation is 1. The summed E-state index contributed by atoms with van der Waals surface area (Å²) in [5, 5.41) is 13.0. The normalized spacial score (nSPS) is 16.2. The van der Waals surface area contributed by atoms with Gasteiger partial charge in [0, 0.05) is 0 Å². The summed E-state index contributed by atoms with van der Waals surface area (Å²) in [4.78, 5) is 33.1. The maximum atomic E-state index is 13.3. The van der Waals surface area contributed by atoms with Gasteiger partial charge in [0.25, 0.3) is 5.91 Å². The summed E-state index contributed by atoms with van der Waals surface area (Å²) in [7, 11) is 1.59. The number of fused-ring (bicyclic) bond motifs is 1. The van der Waals surface area contributed by atoms with Gasteiger partial charge in [-0.1, -0.05) is 47.2 Å². The van der Waals surface area contributed by atoms with Gasteiger partial charge in [-0.25, -0.2) is 4.98 Å². The van der Waals surface area contributed by atoms with E-state index in [1.165, 1.54) is 27.6 Å². The summed E-state index contributed by atoms with van der Waals surface area (Å²) in [5.41, 5.74) is 2.55. The fraction of sp³-hybridized carbons (Fsp3) is 0.125. The van der Waals surface area contributed by atoms with Crippen LogP contribution in [0, 0.1) is 6.92 Å². The van der Waals surface area contributed by atoms with Crippen LogP contribution >= 0.6 is 22.7 Å². The molecule has 0 saturated heterocycles. The van der Waals surface area contributed by atoms with Gasteiger partial charge in [-0.05, 0) is 42.1 Å². The molecule has 5 rings (SSSR count). The molecule has 0 radical (unpaired) electrons. The molecule has 0 fully saturated rings. The second-order valence-corrected chi connectivity index (χ2v) is 9.34. The highest BCUT2D eigenvalue weighted by Gasteiger charge is 2.46. The van der Waals surface area contributed by atoms with Crippen LogP contribution in [-0.4, -0.2) is 28.9 Å². The minimum absolute atomic E-state index is 0.0677. The van der Waals surface area contributed by atoms with Gasteiger partial charge in [-0.2, -0.15) is 0 Å². The Kier molecular flexibility index (Phi) is 5.03. The van der Waals surface area contributed by atoms with Gasteiger partial charge in [-0.3, -0.25) is 14.5 Å². The van der Waals surface area contributed by atoms with Gasteiger partial charge in [0.1, 0.15) is 5.75 Å². The fourth-order valence-electron chi connectivity index (χ4n) is 3.76. The predicted octanol–water partition coefficient (Wildman–Crippen LogP) is 5.46. The molecule has 4 aromatic rings. The molecule has 0 aliphatic carbocycles. The third-order valence-electron chi connectivity index (χ3n) is 5.38. The highest BCUT2D eigenvalue weighted by Crippen LogP contribution is 2.44. The van der Waals surface area contributed by atoms with Crippen LogP contribution in [0.1, 0.15) is 26.8 Å². The van der Waals surface area contributed by atoms with E-state index in [2.05, 4.69) is 4.98 Å². The first-order valence-electron chi connectivity index (χ1n) is 9.84. The minimum atomic E-state index is -0.778. The molecule has 1 unspecified atom stereocenters. The van der Waals surface area contributed by atoms with E-state index < -0.39 is 17.7 Å². The molecule has 0 bridgehead atoms. The number of nitrogens with zero attached hydrogens (tertiary/aromatic N) is 2. The van der Waals surface area contributed by atoms with E-state index in [-0.39, 0.29) is 11.4 Å². The van der Waals surface area contributed by atoms with E-state index in [1.807, 2.05) is 43.3 Å². The minimum Gasteiger partial charge on any atom is -0.503 e. The van der Waals surface area contributed by atoms with Crippen molar-refractivity contribution in [2.45, 2.75) is 13.0 Å². The zero-order valence-electron chi connectivity index (χ0n) is 17.2. The SMILES string of the molecule is COc1ccc2nc(N3C(=O)C(O)=C(C(=O)c4cccs4)C3c3ccc(C)cc3)sc2c1. The summed E-state index contributed by atoms with van der Waals surface area (Å²) in [6.07, 6.45) is 0. The van der Waals surface area contributed by atoms with Crippen LogP contribution in [0.15, 0.2) is 71.3 Å². The first-order valence-corrected chi connectivity index (χ1v) is 11.5. The molecule has 1 amide bonds. The maximum Gasteiger partial charge on any atom is 0.296 e. The topological polar surface area (TPSA) is 79.7 Å². The lowest BCUT2D eigenvalue weighted by Crippen LogP contribution is -2.30. The third kappa shape index (κ3) is 3.28. The van der Waals surface area contributed by atoms with Crippen molar-refractivity contribution in [3.63, 3.8) is 0 Å². The third-order valence-corrected chi connectivity index (χ3v) is 7.27. The molecule has 1 atom stereocenters. The Bertz CT molecular complexity index is 1370. The Morgan fingerprint density at radius 1 is 1.16 bits per heavy atom. The van der Waals surface area contributed by atoms with Crippen molar-refractivity contribution in [1.82, 2.24) is 4.98 Å². The number of hydrogen-bond donors (Lipinski definition) is 1. The lowest BCUT2D eigenvalue weighted by Gasteiger charge is -2.24. The van der Waals surface area contributed by atoms with Crippen LogP contribution in [-0.2, 0) is 4.79 Å². The monoisotopic (exact) mass is 462 g/mol. The number of benzene rings is 2. The molecule has 0 spiro atoms. The molecule has 1 N–H and O–H groups in total. The zero-order valence-corrected chi connectivity index (χ0v) is 18.9. The van der Waals surface area contributed by atoms with Gasteiger partial charge in [0.15, 0.2) is 10.9 Å². The number of rotatable bonds is 5. The largest absolute Gasteiger partial charge is 0.503 e. The molecule has 6 nitrogen and oxygen atoms in total. The van der Waals surface area contributed by atoms with Crippen molar-refractivity contribution in [3.8, 4) is 5.75 Å². The second-order valence-electron chi connectivity index (χ2n) is 7.39. The Hall–Kier alpha value is -3.49. The number of amides is 1. The molecule has 3 heterocycles. The summed E-state index contributed by atoms with van der Waals surface area (Å²) in [6.45, 7) is 1.97. The van der Waals surface area contributed by atoms with Gasteiger partial charge < -0.3 is 9.84 Å². The molecule has 1 aliphatic heterocycles. The van der Waals surface area contributed by atoms with Crippen LogP contribution < -0.4 is 9.64 Å². The summed E-state index contributed by atoms with van der Waals surface area (Å²) in [6, 6.07) is 15.7. The molecule has 160 valence electrons. The number of ether oxygens (including phenoxy) is 1. The number of anilines is 1. The average Bonchev–Trinajstić information content (AvgIpc) is 3.52. The maximum absolute atomic E-state index is 13.3. The van der Waals surface area contributed by atoms with Crippen LogP contribution in [0.4, 0.5) is 5.13 Å². The number of ketones is 1. The molecular formula is C24H18N2O4S2. The second kappa shape index (κ2) is 7.89. The Morgan fingerprint density at radius 3 is 2.62 bits per heavy atom. The van der Waals surface area contributed by atoms with E-state index in [1.54, 1.807) is 30.7 Å².